The van der Waals surface area contributed by atoms with Gasteiger partial charge in [-0.25, -0.2) is 9.97 Å². The largest absolute Gasteiger partial charge is 0.416 e. The predicted molar refractivity (Wildman–Crippen MR) is 175 cm³/mol. The molecule has 1 unspecified atom stereocenters. The molecule has 236 valence electrons. The zero-order chi connectivity index (χ0) is 32.8. The van der Waals surface area contributed by atoms with Crippen LogP contribution in [0.4, 0.5) is 18.9 Å². The Hall–Kier alpha value is -5.57. The van der Waals surface area contributed by atoms with E-state index >= 15 is 0 Å². The maximum Gasteiger partial charge on any atom is 0.416 e. The summed E-state index contributed by atoms with van der Waals surface area (Å²) in [4.78, 5) is 40.1. The molecule has 0 radical (unpaired) electrons. The van der Waals surface area contributed by atoms with Crippen molar-refractivity contribution in [3.05, 3.63) is 156 Å². The van der Waals surface area contributed by atoms with Crippen molar-refractivity contribution in [2.24, 2.45) is 0 Å². The molecule has 47 heavy (non-hydrogen) atoms. The molecular formula is C38H31F3N4O2. The van der Waals surface area contributed by atoms with E-state index in [1.54, 1.807) is 22.2 Å². The van der Waals surface area contributed by atoms with E-state index in [0.29, 0.717) is 18.5 Å². The van der Waals surface area contributed by atoms with Crippen LogP contribution in [0, 0.1) is 0 Å². The van der Waals surface area contributed by atoms with Crippen molar-refractivity contribution in [3.8, 4) is 11.1 Å². The van der Waals surface area contributed by atoms with E-state index in [2.05, 4.69) is 9.97 Å². The maximum absolute atomic E-state index is 14.5. The van der Waals surface area contributed by atoms with Gasteiger partial charge in [-0.3, -0.25) is 9.59 Å². The van der Waals surface area contributed by atoms with Gasteiger partial charge in [0, 0.05) is 49.2 Å². The number of benzene rings is 4. The van der Waals surface area contributed by atoms with E-state index in [9.17, 15) is 22.8 Å². The molecule has 1 atom stereocenters. The van der Waals surface area contributed by atoms with Gasteiger partial charge < -0.3 is 9.80 Å². The van der Waals surface area contributed by atoms with Crippen molar-refractivity contribution in [1.29, 1.82) is 0 Å². The fraction of sp³-hybridized carbons (Fsp3) is 0.158. The molecule has 1 aromatic heterocycles. The lowest BCUT2D eigenvalue weighted by atomic mass is 10.0. The fourth-order valence-electron chi connectivity index (χ4n) is 5.75. The van der Waals surface area contributed by atoms with E-state index in [0.717, 1.165) is 45.6 Å². The molecule has 0 bridgehead atoms. The number of alkyl halides is 3. The summed E-state index contributed by atoms with van der Waals surface area (Å²) in [6.07, 6.45) is 4.22. The number of rotatable bonds is 9. The summed E-state index contributed by atoms with van der Waals surface area (Å²) in [5.74, 6) is -0.639. The van der Waals surface area contributed by atoms with Crippen LogP contribution < -0.4 is 4.90 Å². The van der Waals surface area contributed by atoms with Crippen LogP contribution in [0.25, 0.3) is 17.2 Å². The Kier molecular flexibility index (Phi) is 9.24. The number of aromatic nitrogens is 2. The Labute approximate surface area is 270 Å². The third-order valence-corrected chi connectivity index (χ3v) is 8.23. The Morgan fingerprint density at radius 3 is 2.19 bits per heavy atom. The second-order valence-corrected chi connectivity index (χ2v) is 11.3. The quantitative estimate of drug-likeness (QED) is 0.159. The van der Waals surface area contributed by atoms with Gasteiger partial charge in [0.25, 0.3) is 0 Å². The lowest BCUT2D eigenvalue weighted by molar-refractivity contribution is -0.137. The molecule has 0 spiro atoms. The van der Waals surface area contributed by atoms with Crippen LogP contribution in [-0.4, -0.2) is 39.3 Å². The van der Waals surface area contributed by atoms with Crippen molar-refractivity contribution >= 4 is 23.6 Å². The molecule has 0 saturated heterocycles. The smallest absolute Gasteiger partial charge is 0.322 e. The molecule has 0 N–H and O–H groups in total. The average molecular weight is 633 g/mol. The summed E-state index contributed by atoms with van der Waals surface area (Å²) in [7, 11) is 0. The van der Waals surface area contributed by atoms with E-state index in [1.165, 1.54) is 30.6 Å². The highest BCUT2D eigenvalue weighted by Crippen LogP contribution is 2.31. The topological polar surface area (TPSA) is 66.4 Å². The van der Waals surface area contributed by atoms with Crippen molar-refractivity contribution in [2.45, 2.75) is 31.6 Å². The summed E-state index contributed by atoms with van der Waals surface area (Å²) < 4.78 is 39.3. The summed E-state index contributed by atoms with van der Waals surface area (Å²) in [5, 5.41) is 0. The SMILES string of the molecule is O=C(C(Cc1ccccc1)N(Cc1ccc(-c2cncnc2)cc1)C(=O)C=Cc1ccc(C(F)(F)F)cc1)N1CCc2ccccc21. The van der Waals surface area contributed by atoms with Crippen molar-refractivity contribution in [3.63, 3.8) is 0 Å². The number of halogens is 3. The highest BCUT2D eigenvalue weighted by molar-refractivity contribution is 6.02. The lowest BCUT2D eigenvalue weighted by Crippen LogP contribution is -2.51. The molecule has 0 fully saturated rings. The minimum absolute atomic E-state index is 0.125. The van der Waals surface area contributed by atoms with Crippen LogP contribution in [0.5, 0.6) is 0 Å². The van der Waals surface area contributed by atoms with Gasteiger partial charge in [0.15, 0.2) is 0 Å². The van der Waals surface area contributed by atoms with Gasteiger partial charge >= 0.3 is 6.18 Å². The number of anilines is 1. The van der Waals surface area contributed by atoms with Gasteiger partial charge in [0.1, 0.15) is 12.4 Å². The van der Waals surface area contributed by atoms with Gasteiger partial charge in [0.2, 0.25) is 11.8 Å². The number of amides is 2. The molecule has 2 heterocycles. The van der Waals surface area contributed by atoms with E-state index < -0.39 is 23.7 Å². The standard InChI is InChI=1S/C38H31F3N4O2/c39-38(40,41)33-17-12-27(13-18-33)14-19-36(46)45(25-29-10-15-30(16-11-29)32-23-42-26-43-24-32)35(22-28-6-2-1-3-7-28)37(47)44-21-20-31-8-4-5-9-34(31)44/h1-19,23-24,26,35H,20-22,25H2. The zero-order valence-corrected chi connectivity index (χ0v) is 25.3. The molecule has 2 amide bonds. The minimum Gasteiger partial charge on any atom is -0.322 e. The molecule has 5 aromatic rings. The summed E-state index contributed by atoms with van der Waals surface area (Å²) in [5.41, 5.74) is 5.00. The average Bonchev–Trinajstić information content (AvgIpc) is 3.54. The molecular weight excluding hydrogens is 601 g/mol. The molecule has 0 aliphatic carbocycles. The molecule has 0 saturated carbocycles. The number of hydrogen-bond acceptors (Lipinski definition) is 4. The number of nitrogens with zero attached hydrogens (tertiary/aromatic N) is 4. The minimum atomic E-state index is -4.46. The molecule has 1 aliphatic rings. The second kappa shape index (κ2) is 13.8. The Morgan fingerprint density at radius 1 is 0.809 bits per heavy atom. The van der Waals surface area contributed by atoms with Crippen LogP contribution in [-0.2, 0) is 35.2 Å². The van der Waals surface area contributed by atoms with E-state index in [1.807, 2.05) is 78.9 Å². The van der Waals surface area contributed by atoms with Crippen LogP contribution in [0.15, 0.2) is 128 Å². The number of carbonyl (C=O) groups excluding carboxylic acids is 2. The highest BCUT2D eigenvalue weighted by atomic mass is 19.4. The second-order valence-electron chi connectivity index (χ2n) is 11.3. The third kappa shape index (κ3) is 7.47. The third-order valence-electron chi connectivity index (χ3n) is 8.23. The van der Waals surface area contributed by atoms with Gasteiger partial charge in [0.05, 0.1) is 5.56 Å². The number of para-hydroxylation sites is 1. The van der Waals surface area contributed by atoms with Crippen LogP contribution in [0.2, 0.25) is 0 Å². The van der Waals surface area contributed by atoms with Crippen LogP contribution in [0.1, 0.15) is 27.8 Å². The van der Waals surface area contributed by atoms with Crippen molar-refractivity contribution in [1.82, 2.24) is 14.9 Å². The maximum atomic E-state index is 14.5. The molecule has 1 aliphatic heterocycles. The number of carbonyl (C=O) groups is 2. The number of fused-ring (bicyclic) bond motifs is 1. The first kappa shape index (κ1) is 31.4. The van der Waals surface area contributed by atoms with Crippen molar-refractivity contribution < 1.29 is 22.8 Å². The molecule has 4 aromatic carbocycles. The van der Waals surface area contributed by atoms with Gasteiger partial charge in [-0.1, -0.05) is 84.9 Å². The summed E-state index contributed by atoms with van der Waals surface area (Å²) >= 11 is 0. The van der Waals surface area contributed by atoms with Crippen LogP contribution in [0.3, 0.4) is 0 Å². The zero-order valence-electron chi connectivity index (χ0n) is 25.3. The normalized spacial score (nSPS) is 13.4. The fourth-order valence-corrected chi connectivity index (χ4v) is 5.75. The lowest BCUT2D eigenvalue weighted by Gasteiger charge is -2.33. The summed E-state index contributed by atoms with van der Waals surface area (Å²) in [6.45, 7) is 0.626. The molecule has 6 rings (SSSR count). The summed E-state index contributed by atoms with van der Waals surface area (Å²) in [6, 6.07) is 28.7. The van der Waals surface area contributed by atoms with Crippen molar-refractivity contribution in [2.75, 3.05) is 11.4 Å². The Morgan fingerprint density at radius 2 is 1.49 bits per heavy atom. The molecule has 9 heteroatoms. The first-order chi connectivity index (χ1) is 22.8. The number of hydrogen-bond donors (Lipinski definition) is 0. The van der Waals surface area contributed by atoms with Gasteiger partial charge in [-0.15, -0.1) is 0 Å². The Balaban J connectivity index is 1.35. The first-order valence-electron chi connectivity index (χ1n) is 15.2. The predicted octanol–water partition coefficient (Wildman–Crippen LogP) is 7.41. The highest BCUT2D eigenvalue weighted by Gasteiger charge is 2.36. The van der Waals surface area contributed by atoms with Crippen LogP contribution >= 0.6 is 0 Å². The monoisotopic (exact) mass is 632 g/mol. The molecule has 6 nitrogen and oxygen atoms in total. The van der Waals surface area contributed by atoms with E-state index in [4.69, 9.17) is 0 Å². The van der Waals surface area contributed by atoms with Gasteiger partial charge in [-0.05, 0) is 58.5 Å². The first-order valence-corrected chi connectivity index (χ1v) is 15.2. The Bertz CT molecular complexity index is 1860. The van der Waals surface area contributed by atoms with E-state index in [-0.39, 0.29) is 18.9 Å². The van der Waals surface area contributed by atoms with Gasteiger partial charge in [-0.2, -0.15) is 13.2 Å².